The van der Waals surface area contributed by atoms with Crippen LogP contribution in [-0.2, 0) is 9.53 Å². The van der Waals surface area contributed by atoms with Gasteiger partial charge in [0.25, 0.3) is 0 Å². The summed E-state index contributed by atoms with van der Waals surface area (Å²) in [4.78, 5) is 10.9. The molecular weight excluding hydrogens is 130 g/mol. The molecule has 1 aliphatic rings. The second-order valence-corrected chi connectivity index (χ2v) is 2.68. The number of ether oxygens (including phenoxy) is 1. The van der Waals surface area contributed by atoms with Gasteiger partial charge in [0, 0.05) is 0 Å². The zero-order valence-corrected chi connectivity index (χ0v) is 6.17. The highest BCUT2D eigenvalue weighted by Gasteiger charge is 2.26. The molecule has 1 saturated heterocycles. The van der Waals surface area contributed by atoms with Crippen LogP contribution in [0, 0.1) is 0 Å². The molecule has 0 amide bonds. The van der Waals surface area contributed by atoms with E-state index in [1.807, 2.05) is 6.92 Å². The van der Waals surface area contributed by atoms with Crippen molar-refractivity contribution in [1.82, 2.24) is 0 Å². The quantitative estimate of drug-likeness (QED) is 0.595. The van der Waals surface area contributed by atoms with Crippen LogP contribution in [0.4, 0.5) is 0 Å². The molecule has 3 nitrogen and oxygen atoms in total. The Hall–Kier alpha value is -0.410. The van der Waals surface area contributed by atoms with E-state index in [9.17, 15) is 4.79 Å². The van der Waals surface area contributed by atoms with Gasteiger partial charge in [-0.3, -0.25) is 4.79 Å². The van der Waals surface area contributed by atoms with Crippen LogP contribution >= 0.6 is 0 Å². The van der Waals surface area contributed by atoms with E-state index < -0.39 is 0 Å². The van der Waals surface area contributed by atoms with Gasteiger partial charge in [-0.15, -0.1) is 0 Å². The lowest BCUT2D eigenvalue weighted by Crippen LogP contribution is -2.27. The Morgan fingerprint density at radius 2 is 2.40 bits per heavy atom. The lowest BCUT2D eigenvalue weighted by atomic mass is 10.1. The van der Waals surface area contributed by atoms with Crippen molar-refractivity contribution in [2.24, 2.45) is 5.73 Å². The van der Waals surface area contributed by atoms with Crippen molar-refractivity contribution >= 4 is 5.78 Å². The number of nitrogens with two attached hydrogens (primary N) is 1. The number of rotatable bonds is 2. The molecule has 1 fully saturated rings. The Balaban J connectivity index is 2.37. The normalized spacial score (nSPS) is 32.6. The van der Waals surface area contributed by atoms with Gasteiger partial charge in [-0.25, -0.2) is 0 Å². The molecule has 0 aromatic heterocycles. The minimum absolute atomic E-state index is 0.0318. The van der Waals surface area contributed by atoms with Gasteiger partial charge in [0.2, 0.25) is 0 Å². The minimum Gasteiger partial charge on any atom is -0.367 e. The third-order valence-electron chi connectivity index (χ3n) is 1.79. The molecule has 0 aromatic rings. The van der Waals surface area contributed by atoms with Crippen LogP contribution in [0.1, 0.15) is 19.8 Å². The van der Waals surface area contributed by atoms with E-state index in [-0.39, 0.29) is 24.5 Å². The molecule has 2 N–H and O–H groups in total. The Morgan fingerprint density at radius 3 is 2.80 bits per heavy atom. The van der Waals surface area contributed by atoms with Crippen LogP contribution in [0.2, 0.25) is 0 Å². The summed E-state index contributed by atoms with van der Waals surface area (Å²) in [5, 5.41) is 0. The first-order valence-corrected chi connectivity index (χ1v) is 3.62. The molecule has 0 radical (unpaired) electrons. The maximum Gasteiger partial charge on any atom is 0.175 e. The number of ketones is 1. The smallest absolute Gasteiger partial charge is 0.175 e. The van der Waals surface area contributed by atoms with Gasteiger partial charge in [0.1, 0.15) is 6.10 Å². The van der Waals surface area contributed by atoms with Crippen LogP contribution in [0.5, 0.6) is 0 Å². The van der Waals surface area contributed by atoms with Gasteiger partial charge in [0.05, 0.1) is 12.6 Å². The van der Waals surface area contributed by atoms with Crippen LogP contribution in [0.25, 0.3) is 0 Å². The first kappa shape index (κ1) is 7.69. The van der Waals surface area contributed by atoms with Gasteiger partial charge in [0.15, 0.2) is 5.78 Å². The third-order valence-corrected chi connectivity index (χ3v) is 1.79. The Kier molecular flexibility index (Phi) is 2.40. The predicted octanol–water partition coefficient (Wildman–Crippen LogP) is 0.0817. The van der Waals surface area contributed by atoms with Crippen molar-refractivity contribution in [3.63, 3.8) is 0 Å². The largest absolute Gasteiger partial charge is 0.367 e. The highest BCUT2D eigenvalue weighted by Crippen LogP contribution is 2.18. The number of hydrogen-bond donors (Lipinski definition) is 1. The lowest BCUT2D eigenvalue weighted by molar-refractivity contribution is -0.128. The predicted molar refractivity (Wildman–Crippen MR) is 37.6 cm³/mol. The van der Waals surface area contributed by atoms with E-state index >= 15 is 0 Å². The summed E-state index contributed by atoms with van der Waals surface area (Å²) in [5.74, 6) is 0.0318. The number of carbonyl (C=O) groups excluding carboxylic acids is 1. The third kappa shape index (κ3) is 1.55. The standard InChI is InChI=1S/C7H13NO2/c1-5-2-3-7(10-5)6(9)4-8/h5,7H,2-4,8H2,1H3. The lowest BCUT2D eigenvalue weighted by Gasteiger charge is -2.06. The molecule has 1 aliphatic heterocycles. The topological polar surface area (TPSA) is 52.3 Å². The molecule has 2 atom stereocenters. The van der Waals surface area contributed by atoms with E-state index in [1.165, 1.54) is 0 Å². The van der Waals surface area contributed by atoms with Gasteiger partial charge >= 0.3 is 0 Å². The van der Waals surface area contributed by atoms with E-state index in [4.69, 9.17) is 10.5 Å². The van der Waals surface area contributed by atoms with Gasteiger partial charge < -0.3 is 10.5 Å². The Bertz CT molecular complexity index is 136. The zero-order valence-electron chi connectivity index (χ0n) is 6.17. The summed E-state index contributed by atoms with van der Waals surface area (Å²) in [6.45, 7) is 2.08. The fourth-order valence-corrected chi connectivity index (χ4v) is 1.17. The van der Waals surface area contributed by atoms with Crippen LogP contribution < -0.4 is 5.73 Å². The Morgan fingerprint density at radius 1 is 1.70 bits per heavy atom. The molecule has 3 heteroatoms. The van der Waals surface area contributed by atoms with E-state index in [1.54, 1.807) is 0 Å². The van der Waals surface area contributed by atoms with Gasteiger partial charge in [-0.2, -0.15) is 0 Å². The van der Waals surface area contributed by atoms with E-state index in [2.05, 4.69) is 0 Å². The van der Waals surface area contributed by atoms with Crippen molar-refractivity contribution in [3.05, 3.63) is 0 Å². The maximum absolute atomic E-state index is 10.9. The van der Waals surface area contributed by atoms with Crippen molar-refractivity contribution in [3.8, 4) is 0 Å². The fourth-order valence-electron chi connectivity index (χ4n) is 1.17. The minimum atomic E-state index is -0.208. The van der Waals surface area contributed by atoms with Crippen molar-refractivity contribution in [2.45, 2.75) is 32.0 Å². The first-order valence-electron chi connectivity index (χ1n) is 3.62. The van der Waals surface area contributed by atoms with E-state index in [0.717, 1.165) is 12.8 Å². The number of carbonyl (C=O) groups is 1. The molecular formula is C7H13NO2. The summed E-state index contributed by atoms with van der Waals surface area (Å²) in [6, 6.07) is 0. The van der Waals surface area contributed by atoms with Gasteiger partial charge in [-0.05, 0) is 19.8 Å². The van der Waals surface area contributed by atoms with Crippen LogP contribution in [0.15, 0.2) is 0 Å². The second kappa shape index (κ2) is 3.12. The average Bonchev–Trinajstić information content (AvgIpc) is 2.34. The maximum atomic E-state index is 10.9. The van der Waals surface area contributed by atoms with Crippen molar-refractivity contribution in [1.29, 1.82) is 0 Å². The number of Topliss-reactive ketones (excluding diaryl/α,β-unsaturated/α-hetero) is 1. The molecule has 58 valence electrons. The Labute approximate surface area is 60.5 Å². The van der Waals surface area contributed by atoms with Crippen molar-refractivity contribution in [2.75, 3.05) is 6.54 Å². The average molecular weight is 143 g/mol. The summed E-state index contributed by atoms with van der Waals surface area (Å²) >= 11 is 0. The summed E-state index contributed by atoms with van der Waals surface area (Å²) in [7, 11) is 0. The second-order valence-electron chi connectivity index (χ2n) is 2.68. The molecule has 2 unspecified atom stereocenters. The summed E-state index contributed by atoms with van der Waals surface area (Å²) < 4.78 is 5.28. The molecule has 1 rings (SSSR count). The SMILES string of the molecule is CC1CCC(C(=O)CN)O1. The van der Waals surface area contributed by atoms with Crippen LogP contribution in [-0.4, -0.2) is 24.5 Å². The molecule has 0 aliphatic carbocycles. The molecule has 0 aromatic carbocycles. The fraction of sp³-hybridized carbons (Fsp3) is 0.857. The monoisotopic (exact) mass is 143 g/mol. The number of hydrogen-bond acceptors (Lipinski definition) is 3. The molecule has 10 heavy (non-hydrogen) atoms. The summed E-state index contributed by atoms with van der Waals surface area (Å²) in [6.07, 6.45) is 1.86. The highest BCUT2D eigenvalue weighted by atomic mass is 16.5. The van der Waals surface area contributed by atoms with Crippen molar-refractivity contribution < 1.29 is 9.53 Å². The first-order chi connectivity index (χ1) is 4.74. The highest BCUT2D eigenvalue weighted by molar-refractivity contribution is 5.84. The molecule has 0 spiro atoms. The summed E-state index contributed by atoms with van der Waals surface area (Å²) in [5.41, 5.74) is 5.17. The molecule has 0 saturated carbocycles. The zero-order chi connectivity index (χ0) is 7.56. The molecule has 1 heterocycles. The van der Waals surface area contributed by atoms with Gasteiger partial charge in [-0.1, -0.05) is 0 Å². The molecule has 0 bridgehead atoms. The van der Waals surface area contributed by atoms with E-state index in [0.29, 0.717) is 0 Å². The van der Waals surface area contributed by atoms with Crippen LogP contribution in [0.3, 0.4) is 0 Å².